The van der Waals surface area contributed by atoms with E-state index in [1.807, 2.05) is 43.3 Å². The highest BCUT2D eigenvalue weighted by atomic mass is 35.5. The van der Waals surface area contributed by atoms with Crippen molar-refractivity contribution in [3.63, 3.8) is 0 Å². The second kappa shape index (κ2) is 10.3. The van der Waals surface area contributed by atoms with E-state index in [1.165, 1.54) is 17.4 Å². The number of carbonyl (C=O) groups excluding carboxylic acids is 2. The molecule has 0 radical (unpaired) electrons. The summed E-state index contributed by atoms with van der Waals surface area (Å²) in [6.07, 6.45) is 4.44. The topological polar surface area (TPSA) is 99.8 Å². The molecular formula is C23H21Cl2N5O2S. The van der Waals surface area contributed by atoms with Crippen LogP contribution in [0.1, 0.15) is 40.4 Å². The molecule has 2 amide bonds. The number of aryl methyl sites for hydroxylation is 1. The van der Waals surface area contributed by atoms with Crippen molar-refractivity contribution in [3.8, 4) is 0 Å². The van der Waals surface area contributed by atoms with Gasteiger partial charge in [-0.1, -0.05) is 53.5 Å². The van der Waals surface area contributed by atoms with E-state index in [0.29, 0.717) is 12.8 Å². The number of aromatic nitrogens is 3. The summed E-state index contributed by atoms with van der Waals surface area (Å²) in [6, 6.07) is 12.0. The summed E-state index contributed by atoms with van der Waals surface area (Å²) in [5.74, 6) is -0.761. The van der Waals surface area contributed by atoms with Gasteiger partial charge in [0, 0.05) is 6.20 Å². The second-order valence-corrected chi connectivity index (χ2v) is 9.37. The van der Waals surface area contributed by atoms with Crippen LogP contribution < -0.4 is 10.6 Å². The molecule has 1 aromatic carbocycles. The van der Waals surface area contributed by atoms with Gasteiger partial charge in [0.05, 0.1) is 27.5 Å². The summed E-state index contributed by atoms with van der Waals surface area (Å²) in [4.78, 5) is 37.3. The van der Waals surface area contributed by atoms with Crippen molar-refractivity contribution in [2.45, 2.75) is 31.8 Å². The Morgan fingerprint density at radius 3 is 2.64 bits per heavy atom. The number of H-pyrrole nitrogens is 1. The molecule has 0 spiro atoms. The van der Waals surface area contributed by atoms with Gasteiger partial charge in [0.1, 0.15) is 21.9 Å². The highest BCUT2D eigenvalue weighted by Crippen LogP contribution is 2.26. The summed E-state index contributed by atoms with van der Waals surface area (Å²) in [6.45, 7) is 1.86. The number of fused-ring (bicyclic) bond motifs is 1. The monoisotopic (exact) mass is 501 g/mol. The molecule has 0 aliphatic carbocycles. The first-order valence-electron chi connectivity index (χ1n) is 10.3. The Morgan fingerprint density at radius 2 is 1.94 bits per heavy atom. The molecule has 0 aliphatic rings. The van der Waals surface area contributed by atoms with Gasteiger partial charge in [-0.15, -0.1) is 11.3 Å². The van der Waals surface area contributed by atoms with Gasteiger partial charge in [0.25, 0.3) is 5.91 Å². The van der Waals surface area contributed by atoms with Gasteiger partial charge in [0.15, 0.2) is 0 Å². The molecule has 10 heteroatoms. The maximum absolute atomic E-state index is 13.2. The van der Waals surface area contributed by atoms with Gasteiger partial charge in [0.2, 0.25) is 5.91 Å². The van der Waals surface area contributed by atoms with Crippen molar-refractivity contribution < 1.29 is 9.59 Å². The van der Waals surface area contributed by atoms with Gasteiger partial charge >= 0.3 is 0 Å². The molecule has 4 aromatic rings. The zero-order valence-corrected chi connectivity index (χ0v) is 20.0. The fourth-order valence-corrected chi connectivity index (χ4v) is 4.60. The summed E-state index contributed by atoms with van der Waals surface area (Å²) in [7, 11) is 0. The number of rotatable bonds is 8. The smallest absolute Gasteiger partial charge is 0.268 e. The van der Waals surface area contributed by atoms with E-state index in [-0.39, 0.29) is 27.8 Å². The van der Waals surface area contributed by atoms with Crippen molar-refractivity contribution in [2.75, 3.05) is 0 Å². The minimum atomic E-state index is -0.767. The van der Waals surface area contributed by atoms with Crippen LogP contribution in [0.4, 0.5) is 0 Å². The second-order valence-electron chi connectivity index (χ2n) is 7.52. The average Bonchev–Trinajstić information content (AvgIpc) is 3.40. The van der Waals surface area contributed by atoms with Gasteiger partial charge < -0.3 is 15.6 Å². The maximum atomic E-state index is 13.2. The molecule has 0 unspecified atom stereocenters. The quantitative estimate of drug-likeness (QED) is 0.318. The minimum absolute atomic E-state index is 0.172. The van der Waals surface area contributed by atoms with Crippen LogP contribution in [0.15, 0.2) is 54.9 Å². The highest BCUT2D eigenvalue weighted by molar-refractivity contribution is 7.18. The zero-order chi connectivity index (χ0) is 23.4. The summed E-state index contributed by atoms with van der Waals surface area (Å²) in [5.41, 5.74) is 2.05. The van der Waals surface area contributed by atoms with Crippen molar-refractivity contribution in [1.82, 2.24) is 25.6 Å². The molecular weight excluding hydrogens is 481 g/mol. The Kier molecular flexibility index (Phi) is 7.27. The molecule has 0 bridgehead atoms. The molecule has 2 atom stereocenters. The molecule has 170 valence electrons. The number of thiazole rings is 1. The van der Waals surface area contributed by atoms with Crippen LogP contribution in [0, 0.1) is 0 Å². The van der Waals surface area contributed by atoms with E-state index in [4.69, 9.17) is 23.2 Å². The number of aromatic amines is 1. The van der Waals surface area contributed by atoms with Gasteiger partial charge in [-0.2, -0.15) is 0 Å². The first-order chi connectivity index (χ1) is 15.9. The van der Waals surface area contributed by atoms with Crippen molar-refractivity contribution >= 4 is 56.6 Å². The molecule has 0 saturated carbocycles. The van der Waals surface area contributed by atoms with Crippen molar-refractivity contribution in [3.05, 3.63) is 81.3 Å². The predicted molar refractivity (Wildman–Crippen MR) is 131 cm³/mol. The number of hydrogen-bond donors (Lipinski definition) is 3. The number of nitrogens with one attached hydrogen (secondary N) is 3. The zero-order valence-electron chi connectivity index (χ0n) is 17.6. The average molecular weight is 502 g/mol. The molecule has 3 N–H and O–H groups in total. The largest absolute Gasteiger partial charge is 0.345 e. The van der Waals surface area contributed by atoms with Crippen molar-refractivity contribution in [2.24, 2.45) is 0 Å². The SMILES string of the molecule is C[C@H](NC(=O)[C@H](CCc1ccccc1)NC(=O)c1cc(Cl)c(Cl)[nH]1)c1nc2cnccc2s1. The fraction of sp³-hybridized carbons (Fsp3) is 0.217. The van der Waals surface area contributed by atoms with Crippen molar-refractivity contribution in [1.29, 1.82) is 0 Å². The summed E-state index contributed by atoms with van der Waals surface area (Å²) in [5, 5.41) is 6.96. The summed E-state index contributed by atoms with van der Waals surface area (Å²) < 4.78 is 0.996. The van der Waals surface area contributed by atoms with Gasteiger partial charge in [-0.3, -0.25) is 14.6 Å². The number of amides is 2. The lowest BCUT2D eigenvalue weighted by Gasteiger charge is -2.20. The third kappa shape index (κ3) is 5.71. The Balaban J connectivity index is 1.48. The van der Waals surface area contributed by atoms with Crippen LogP contribution in [0.2, 0.25) is 10.2 Å². The lowest BCUT2D eigenvalue weighted by molar-refractivity contribution is -0.123. The number of benzene rings is 1. The fourth-order valence-electron chi connectivity index (χ4n) is 3.35. The molecule has 3 heterocycles. The third-order valence-electron chi connectivity index (χ3n) is 5.09. The number of pyridine rings is 1. The van der Waals surface area contributed by atoms with Crippen LogP contribution in [0.5, 0.6) is 0 Å². The van der Waals surface area contributed by atoms with E-state index >= 15 is 0 Å². The first kappa shape index (κ1) is 23.2. The molecule has 0 saturated heterocycles. The predicted octanol–water partition coefficient (Wildman–Crippen LogP) is 4.93. The summed E-state index contributed by atoms with van der Waals surface area (Å²) >= 11 is 13.4. The molecule has 3 aromatic heterocycles. The number of hydrogen-bond acceptors (Lipinski definition) is 5. The lowest BCUT2D eigenvalue weighted by Crippen LogP contribution is -2.47. The Labute approximate surface area is 204 Å². The number of nitrogens with zero attached hydrogens (tertiary/aromatic N) is 2. The number of carbonyl (C=O) groups is 2. The molecule has 0 fully saturated rings. The Morgan fingerprint density at radius 1 is 1.15 bits per heavy atom. The molecule has 4 rings (SSSR count). The van der Waals surface area contributed by atoms with E-state index in [9.17, 15) is 9.59 Å². The van der Waals surface area contributed by atoms with Crippen LogP contribution in [-0.2, 0) is 11.2 Å². The van der Waals surface area contributed by atoms with Gasteiger partial charge in [-0.05, 0) is 37.5 Å². The highest BCUT2D eigenvalue weighted by Gasteiger charge is 2.25. The van der Waals surface area contributed by atoms with Crippen LogP contribution in [0.25, 0.3) is 10.2 Å². The third-order valence-corrected chi connectivity index (χ3v) is 7.00. The first-order valence-corrected chi connectivity index (χ1v) is 11.9. The number of halogens is 2. The lowest BCUT2D eigenvalue weighted by atomic mass is 10.0. The molecule has 7 nitrogen and oxygen atoms in total. The molecule has 0 aliphatic heterocycles. The van der Waals surface area contributed by atoms with Crippen LogP contribution in [0.3, 0.4) is 0 Å². The molecule has 33 heavy (non-hydrogen) atoms. The van der Waals surface area contributed by atoms with Crippen LogP contribution >= 0.6 is 34.5 Å². The standard InChI is InChI=1S/C23H21Cl2N5O2S/c1-13(23-30-18-12-26-10-9-19(18)33-23)27-21(31)16(8-7-14-5-3-2-4-6-14)29-22(32)17-11-15(24)20(25)28-17/h2-6,9-13,16,28H,7-8H2,1H3,(H,27,31)(H,29,32)/t13-,16-/m0/s1. The van der Waals surface area contributed by atoms with E-state index < -0.39 is 11.9 Å². The van der Waals surface area contributed by atoms with Crippen LogP contribution in [-0.4, -0.2) is 32.8 Å². The Hall–Kier alpha value is -2.94. The maximum Gasteiger partial charge on any atom is 0.268 e. The normalized spacial score (nSPS) is 12.9. The Bertz CT molecular complexity index is 1220. The van der Waals surface area contributed by atoms with E-state index in [0.717, 1.165) is 20.8 Å². The van der Waals surface area contributed by atoms with E-state index in [2.05, 4.69) is 25.6 Å². The minimum Gasteiger partial charge on any atom is -0.345 e. The van der Waals surface area contributed by atoms with Gasteiger partial charge in [-0.25, -0.2) is 4.98 Å². The van der Waals surface area contributed by atoms with E-state index in [1.54, 1.807) is 12.4 Å².